The van der Waals surface area contributed by atoms with Crippen LogP contribution in [0, 0.1) is 0 Å². The van der Waals surface area contributed by atoms with Crippen LogP contribution in [0.5, 0.6) is 17.2 Å². The summed E-state index contributed by atoms with van der Waals surface area (Å²) in [4.78, 5) is 25.9. The van der Waals surface area contributed by atoms with Crippen LogP contribution in [0.4, 0.5) is 5.69 Å². The maximum absolute atomic E-state index is 12.4. The quantitative estimate of drug-likeness (QED) is 0.609. The number of carbonyl (C=O) groups excluding carboxylic acids is 2. The van der Waals surface area contributed by atoms with E-state index >= 15 is 0 Å². The van der Waals surface area contributed by atoms with Gasteiger partial charge >= 0.3 is 0 Å². The van der Waals surface area contributed by atoms with Crippen LogP contribution in [0.2, 0.25) is 0 Å². The molecule has 1 heterocycles. The van der Waals surface area contributed by atoms with E-state index < -0.39 is 5.91 Å². The minimum Gasteiger partial charge on any atom is -0.497 e. The molecule has 1 aliphatic heterocycles. The Bertz CT molecular complexity index is 926. The van der Waals surface area contributed by atoms with Gasteiger partial charge in [-0.3, -0.25) is 14.5 Å². The molecule has 1 aliphatic rings. The van der Waals surface area contributed by atoms with E-state index in [-0.39, 0.29) is 19.1 Å². The SMILES string of the molecule is COc1ccc(OC)c(/C(C)=N\NC(=O)CN2C(=O)COc3ccccc32)c1. The van der Waals surface area contributed by atoms with Crippen LogP contribution in [-0.2, 0) is 9.59 Å². The van der Waals surface area contributed by atoms with Crippen LogP contribution in [0.1, 0.15) is 12.5 Å². The molecule has 0 aliphatic carbocycles. The van der Waals surface area contributed by atoms with Crippen molar-refractivity contribution in [1.29, 1.82) is 0 Å². The number of rotatable bonds is 6. The number of nitrogens with one attached hydrogen (secondary N) is 1. The summed E-state index contributed by atoms with van der Waals surface area (Å²) in [6.07, 6.45) is 0. The number of fused-ring (bicyclic) bond motifs is 1. The molecule has 8 nitrogen and oxygen atoms in total. The number of para-hydroxylation sites is 2. The Hall–Kier alpha value is -3.55. The minimum atomic E-state index is -0.425. The number of hydrogen-bond donors (Lipinski definition) is 1. The Morgan fingerprint density at radius 2 is 2.00 bits per heavy atom. The second-order valence-electron chi connectivity index (χ2n) is 6.03. The first-order valence-corrected chi connectivity index (χ1v) is 8.61. The first kappa shape index (κ1) is 19.2. The van der Waals surface area contributed by atoms with E-state index in [2.05, 4.69) is 10.5 Å². The van der Waals surface area contributed by atoms with Crippen LogP contribution < -0.4 is 24.5 Å². The molecule has 0 radical (unpaired) electrons. The Morgan fingerprint density at radius 3 is 2.75 bits per heavy atom. The molecule has 0 spiro atoms. The topological polar surface area (TPSA) is 89.5 Å². The van der Waals surface area contributed by atoms with Crippen molar-refractivity contribution in [3.05, 3.63) is 48.0 Å². The normalized spacial score (nSPS) is 13.5. The molecule has 0 fully saturated rings. The van der Waals surface area contributed by atoms with E-state index in [1.165, 1.54) is 4.90 Å². The van der Waals surface area contributed by atoms with Crippen molar-refractivity contribution < 1.29 is 23.8 Å². The van der Waals surface area contributed by atoms with Gasteiger partial charge < -0.3 is 14.2 Å². The van der Waals surface area contributed by atoms with Gasteiger partial charge in [0.05, 0.1) is 25.6 Å². The molecular weight excluding hydrogens is 362 g/mol. The summed E-state index contributed by atoms with van der Waals surface area (Å²) in [5, 5.41) is 4.14. The van der Waals surface area contributed by atoms with E-state index in [0.29, 0.717) is 34.2 Å². The molecule has 0 aromatic heterocycles. The molecule has 2 aromatic rings. The lowest BCUT2D eigenvalue weighted by atomic mass is 10.1. The van der Waals surface area contributed by atoms with Gasteiger partial charge in [-0.15, -0.1) is 0 Å². The van der Waals surface area contributed by atoms with Crippen molar-refractivity contribution in [2.75, 3.05) is 32.3 Å². The smallest absolute Gasteiger partial charge is 0.265 e. The number of benzene rings is 2. The number of hydrazone groups is 1. The summed E-state index contributed by atoms with van der Waals surface area (Å²) in [6.45, 7) is 1.48. The van der Waals surface area contributed by atoms with Gasteiger partial charge in [0.15, 0.2) is 6.61 Å². The Morgan fingerprint density at radius 1 is 1.21 bits per heavy atom. The fourth-order valence-electron chi connectivity index (χ4n) is 2.81. The zero-order valence-corrected chi connectivity index (χ0v) is 15.9. The number of hydrogen-bond acceptors (Lipinski definition) is 6. The molecule has 8 heteroatoms. The number of methoxy groups -OCH3 is 2. The lowest BCUT2D eigenvalue weighted by molar-refractivity contribution is -0.125. The monoisotopic (exact) mass is 383 g/mol. The fraction of sp³-hybridized carbons (Fsp3) is 0.250. The van der Waals surface area contributed by atoms with Gasteiger partial charge in [-0.2, -0.15) is 5.10 Å². The summed E-state index contributed by atoms with van der Waals surface area (Å²) in [6, 6.07) is 12.4. The van der Waals surface area contributed by atoms with Crippen molar-refractivity contribution in [2.45, 2.75) is 6.92 Å². The average molecular weight is 383 g/mol. The Kier molecular flexibility index (Phi) is 5.78. The highest BCUT2D eigenvalue weighted by molar-refractivity contribution is 6.04. The van der Waals surface area contributed by atoms with E-state index in [4.69, 9.17) is 14.2 Å². The molecule has 0 bridgehead atoms. The molecule has 0 atom stereocenters. The molecule has 0 saturated heterocycles. The molecule has 146 valence electrons. The summed E-state index contributed by atoms with van der Waals surface area (Å²) < 4.78 is 15.9. The number of amides is 2. The van der Waals surface area contributed by atoms with Crippen LogP contribution in [0.3, 0.4) is 0 Å². The predicted octanol–water partition coefficient (Wildman–Crippen LogP) is 1.97. The first-order chi connectivity index (χ1) is 13.5. The van der Waals surface area contributed by atoms with Gasteiger partial charge in [0.25, 0.3) is 11.8 Å². The Labute approximate surface area is 162 Å². The second kappa shape index (κ2) is 8.43. The second-order valence-corrected chi connectivity index (χ2v) is 6.03. The highest BCUT2D eigenvalue weighted by Crippen LogP contribution is 2.31. The maximum atomic E-state index is 12.4. The summed E-state index contributed by atoms with van der Waals surface area (Å²) >= 11 is 0. The lowest BCUT2D eigenvalue weighted by Crippen LogP contribution is -2.44. The van der Waals surface area contributed by atoms with Crippen molar-refractivity contribution in [2.24, 2.45) is 5.10 Å². The third-order valence-corrected chi connectivity index (χ3v) is 4.25. The van der Waals surface area contributed by atoms with Gasteiger partial charge in [0.1, 0.15) is 23.8 Å². The van der Waals surface area contributed by atoms with Crippen LogP contribution in [0.25, 0.3) is 0 Å². The van der Waals surface area contributed by atoms with Crippen LogP contribution >= 0.6 is 0 Å². The van der Waals surface area contributed by atoms with Crippen molar-refractivity contribution in [1.82, 2.24) is 5.43 Å². The molecule has 0 unspecified atom stereocenters. The number of nitrogens with zero attached hydrogens (tertiary/aromatic N) is 2. The molecule has 3 rings (SSSR count). The van der Waals surface area contributed by atoms with Gasteiger partial charge in [-0.05, 0) is 37.3 Å². The lowest BCUT2D eigenvalue weighted by Gasteiger charge is -2.28. The van der Waals surface area contributed by atoms with Gasteiger partial charge in [0.2, 0.25) is 0 Å². The summed E-state index contributed by atoms with van der Waals surface area (Å²) in [5.74, 6) is 1.10. The minimum absolute atomic E-state index is 0.104. The third-order valence-electron chi connectivity index (χ3n) is 4.25. The van der Waals surface area contributed by atoms with Crippen molar-refractivity contribution >= 4 is 23.2 Å². The zero-order chi connectivity index (χ0) is 20.1. The predicted molar refractivity (Wildman–Crippen MR) is 104 cm³/mol. The van der Waals surface area contributed by atoms with Gasteiger partial charge in [0, 0.05) is 5.56 Å². The van der Waals surface area contributed by atoms with Crippen LogP contribution in [0.15, 0.2) is 47.6 Å². The molecule has 0 saturated carbocycles. The average Bonchev–Trinajstić information content (AvgIpc) is 2.73. The highest BCUT2D eigenvalue weighted by atomic mass is 16.5. The number of anilines is 1. The fourth-order valence-corrected chi connectivity index (χ4v) is 2.81. The third kappa shape index (κ3) is 4.06. The largest absolute Gasteiger partial charge is 0.497 e. The number of ether oxygens (including phenoxy) is 3. The van der Waals surface area contributed by atoms with E-state index in [1.807, 2.05) is 6.07 Å². The standard InChI is InChI=1S/C20H21N3O5/c1-13(15-10-14(26-2)8-9-17(15)27-3)21-22-19(24)11-23-16-6-4-5-7-18(16)28-12-20(23)25/h4-10H,11-12H2,1-3H3,(H,22,24)/b21-13-. The highest BCUT2D eigenvalue weighted by Gasteiger charge is 2.26. The molecule has 1 N–H and O–H groups in total. The zero-order valence-electron chi connectivity index (χ0n) is 15.9. The molecule has 2 aromatic carbocycles. The first-order valence-electron chi connectivity index (χ1n) is 8.61. The van der Waals surface area contributed by atoms with E-state index in [1.54, 1.807) is 57.5 Å². The van der Waals surface area contributed by atoms with Crippen LogP contribution in [-0.4, -0.2) is 44.9 Å². The summed E-state index contributed by atoms with van der Waals surface area (Å²) in [7, 11) is 3.12. The van der Waals surface area contributed by atoms with Gasteiger partial charge in [-0.25, -0.2) is 5.43 Å². The van der Waals surface area contributed by atoms with Crippen molar-refractivity contribution in [3.8, 4) is 17.2 Å². The van der Waals surface area contributed by atoms with E-state index in [9.17, 15) is 9.59 Å². The van der Waals surface area contributed by atoms with Crippen molar-refractivity contribution in [3.63, 3.8) is 0 Å². The maximum Gasteiger partial charge on any atom is 0.265 e. The van der Waals surface area contributed by atoms with E-state index in [0.717, 1.165) is 0 Å². The van der Waals surface area contributed by atoms with Gasteiger partial charge in [-0.1, -0.05) is 12.1 Å². The molecule has 2 amide bonds. The Balaban J connectivity index is 1.73. The summed E-state index contributed by atoms with van der Waals surface area (Å²) in [5.41, 5.74) is 4.28. The number of carbonyl (C=O) groups is 2. The molecule has 28 heavy (non-hydrogen) atoms. The molecular formula is C20H21N3O5.